The van der Waals surface area contributed by atoms with Crippen LogP contribution >= 0.6 is 11.6 Å². The molecule has 0 aliphatic carbocycles. The van der Waals surface area contributed by atoms with Gasteiger partial charge in [-0.25, -0.2) is 18.7 Å². The zero-order chi connectivity index (χ0) is 19.6. The van der Waals surface area contributed by atoms with Crippen molar-refractivity contribution >= 4 is 34.8 Å². The normalized spacial score (nSPS) is 10.6. The number of nitrogens with zero attached hydrogens (tertiary/aromatic N) is 2. The summed E-state index contributed by atoms with van der Waals surface area (Å²) in [5.74, 6) is -2.37. The van der Waals surface area contributed by atoms with Crippen LogP contribution in [0.3, 0.4) is 0 Å². The van der Waals surface area contributed by atoms with Gasteiger partial charge in [0.15, 0.2) is 11.6 Å². The van der Waals surface area contributed by atoms with Crippen molar-refractivity contribution in [3.8, 4) is 0 Å². The van der Waals surface area contributed by atoms with Crippen molar-refractivity contribution in [2.75, 3.05) is 10.6 Å². The first kappa shape index (κ1) is 18.7. The van der Waals surface area contributed by atoms with Crippen LogP contribution in [-0.4, -0.2) is 15.9 Å². The summed E-state index contributed by atoms with van der Waals surface area (Å²) in [5, 5.41) is 6.13. The van der Waals surface area contributed by atoms with Gasteiger partial charge in [-0.2, -0.15) is 0 Å². The van der Waals surface area contributed by atoms with Gasteiger partial charge in [-0.15, -0.1) is 0 Å². The molecule has 0 radical (unpaired) electrons. The van der Waals surface area contributed by atoms with Gasteiger partial charge in [-0.3, -0.25) is 4.79 Å². The van der Waals surface area contributed by atoms with Gasteiger partial charge < -0.3 is 10.6 Å². The Morgan fingerprint density at radius 1 is 1.00 bits per heavy atom. The summed E-state index contributed by atoms with van der Waals surface area (Å²) in [6.45, 7) is 3.59. The van der Waals surface area contributed by atoms with Gasteiger partial charge in [0.25, 0.3) is 5.91 Å². The molecule has 0 aliphatic rings. The van der Waals surface area contributed by atoms with Gasteiger partial charge in [-0.1, -0.05) is 11.6 Å². The summed E-state index contributed by atoms with van der Waals surface area (Å²) < 4.78 is 26.3. The smallest absolute Gasteiger partial charge is 0.274 e. The second kappa shape index (κ2) is 7.67. The van der Waals surface area contributed by atoms with Gasteiger partial charge in [0.1, 0.15) is 5.69 Å². The van der Waals surface area contributed by atoms with Crippen molar-refractivity contribution in [1.82, 2.24) is 9.97 Å². The number of carbonyl (C=O) groups is 1. The molecular weight excluding hydrogens is 374 g/mol. The molecule has 0 aliphatic heterocycles. The number of halogens is 3. The maximum Gasteiger partial charge on any atom is 0.274 e. The summed E-state index contributed by atoms with van der Waals surface area (Å²) in [4.78, 5) is 20.9. The predicted octanol–water partition coefficient (Wildman–Crippen LogP) is 5.02. The van der Waals surface area contributed by atoms with E-state index in [1.807, 2.05) is 6.92 Å². The number of nitrogens with one attached hydrogen (secondary N) is 2. The van der Waals surface area contributed by atoms with E-state index in [0.717, 1.165) is 23.4 Å². The van der Waals surface area contributed by atoms with E-state index >= 15 is 0 Å². The Hall–Kier alpha value is -3.06. The van der Waals surface area contributed by atoms with Crippen LogP contribution in [0.5, 0.6) is 0 Å². The van der Waals surface area contributed by atoms with E-state index < -0.39 is 17.5 Å². The highest BCUT2D eigenvalue weighted by Crippen LogP contribution is 2.22. The highest BCUT2D eigenvalue weighted by molar-refractivity contribution is 6.30. The minimum atomic E-state index is -1.05. The Balaban J connectivity index is 1.83. The van der Waals surface area contributed by atoms with Crippen molar-refractivity contribution in [3.63, 3.8) is 0 Å². The van der Waals surface area contributed by atoms with E-state index in [4.69, 9.17) is 11.6 Å². The number of rotatable bonds is 4. The second-order valence-corrected chi connectivity index (χ2v) is 6.32. The lowest BCUT2D eigenvalue weighted by Gasteiger charge is -2.11. The van der Waals surface area contributed by atoms with Gasteiger partial charge in [0.2, 0.25) is 5.95 Å². The number of carbonyl (C=O) groups excluding carboxylic acids is 1. The molecule has 5 nitrogen and oxygen atoms in total. The van der Waals surface area contributed by atoms with Crippen LogP contribution in [0.1, 0.15) is 21.7 Å². The lowest BCUT2D eigenvalue weighted by Crippen LogP contribution is -2.15. The Bertz CT molecular complexity index is 1030. The average molecular weight is 389 g/mol. The standard InChI is InChI=1S/C19H15ClF2N4O/c1-10-7-12(20)3-6-16(10)25-19-23-11(2)8-17(26-19)18(27)24-13-4-5-14(21)15(22)9-13/h3-9H,1-2H3,(H,24,27)(H,23,25,26). The molecule has 1 heterocycles. The summed E-state index contributed by atoms with van der Waals surface area (Å²) in [6.07, 6.45) is 0. The quantitative estimate of drug-likeness (QED) is 0.658. The number of benzene rings is 2. The van der Waals surface area contributed by atoms with Gasteiger partial charge in [-0.05, 0) is 55.8 Å². The van der Waals surface area contributed by atoms with Crippen molar-refractivity contribution < 1.29 is 13.6 Å². The minimum absolute atomic E-state index is 0.0846. The Labute approximate surface area is 159 Å². The predicted molar refractivity (Wildman–Crippen MR) is 101 cm³/mol. The van der Waals surface area contributed by atoms with Crippen molar-refractivity contribution in [3.05, 3.63) is 76.1 Å². The summed E-state index contributed by atoms with van der Waals surface area (Å²) in [5.41, 5.74) is 2.41. The molecule has 1 amide bonds. The van der Waals surface area contributed by atoms with E-state index in [1.165, 1.54) is 12.1 Å². The first-order valence-electron chi connectivity index (χ1n) is 7.97. The van der Waals surface area contributed by atoms with Crippen LogP contribution < -0.4 is 10.6 Å². The molecule has 0 atom stereocenters. The highest BCUT2D eigenvalue weighted by atomic mass is 35.5. The molecule has 138 valence electrons. The van der Waals surface area contributed by atoms with E-state index in [0.29, 0.717) is 10.7 Å². The van der Waals surface area contributed by atoms with Crippen LogP contribution in [0.2, 0.25) is 5.02 Å². The number of aryl methyl sites for hydroxylation is 2. The number of aromatic nitrogens is 2. The zero-order valence-corrected chi connectivity index (χ0v) is 15.2. The summed E-state index contributed by atoms with van der Waals surface area (Å²) >= 11 is 5.95. The van der Waals surface area contributed by atoms with Crippen LogP contribution in [0.25, 0.3) is 0 Å². The maximum absolute atomic E-state index is 13.3. The fraction of sp³-hybridized carbons (Fsp3) is 0.105. The number of hydrogen-bond donors (Lipinski definition) is 2. The first-order valence-corrected chi connectivity index (χ1v) is 8.35. The molecular formula is C19H15ClF2N4O. The monoisotopic (exact) mass is 388 g/mol. The minimum Gasteiger partial charge on any atom is -0.324 e. The molecule has 8 heteroatoms. The van der Waals surface area contributed by atoms with Crippen molar-refractivity contribution in [1.29, 1.82) is 0 Å². The lowest BCUT2D eigenvalue weighted by molar-refractivity contribution is 0.102. The molecule has 0 fully saturated rings. The van der Waals surface area contributed by atoms with Gasteiger partial charge in [0, 0.05) is 28.2 Å². The van der Waals surface area contributed by atoms with Crippen LogP contribution in [-0.2, 0) is 0 Å². The molecule has 3 aromatic rings. The van der Waals surface area contributed by atoms with Gasteiger partial charge >= 0.3 is 0 Å². The molecule has 0 saturated heterocycles. The molecule has 27 heavy (non-hydrogen) atoms. The Morgan fingerprint density at radius 3 is 2.48 bits per heavy atom. The van der Waals surface area contributed by atoms with Crippen LogP contribution in [0, 0.1) is 25.5 Å². The maximum atomic E-state index is 13.3. The Morgan fingerprint density at radius 2 is 1.78 bits per heavy atom. The van der Waals surface area contributed by atoms with Crippen LogP contribution in [0.4, 0.5) is 26.1 Å². The van der Waals surface area contributed by atoms with E-state index in [9.17, 15) is 13.6 Å². The largest absolute Gasteiger partial charge is 0.324 e. The average Bonchev–Trinajstić information content (AvgIpc) is 2.60. The highest BCUT2D eigenvalue weighted by Gasteiger charge is 2.13. The molecule has 0 spiro atoms. The molecule has 3 rings (SSSR count). The Kier molecular flexibility index (Phi) is 5.32. The number of anilines is 3. The van der Waals surface area contributed by atoms with Crippen LogP contribution in [0.15, 0.2) is 42.5 Å². The third-order valence-corrected chi connectivity index (χ3v) is 3.93. The molecule has 1 aromatic heterocycles. The van der Waals surface area contributed by atoms with E-state index in [-0.39, 0.29) is 17.3 Å². The fourth-order valence-electron chi connectivity index (χ4n) is 2.40. The third-order valence-electron chi connectivity index (χ3n) is 3.70. The zero-order valence-electron chi connectivity index (χ0n) is 14.5. The summed E-state index contributed by atoms with van der Waals surface area (Å²) in [7, 11) is 0. The van der Waals surface area contributed by atoms with E-state index in [1.54, 1.807) is 25.1 Å². The molecule has 2 N–H and O–H groups in total. The summed E-state index contributed by atoms with van der Waals surface area (Å²) in [6, 6.07) is 9.89. The number of amides is 1. The first-order chi connectivity index (χ1) is 12.8. The van der Waals surface area contributed by atoms with Gasteiger partial charge in [0.05, 0.1) is 0 Å². The molecule has 2 aromatic carbocycles. The lowest BCUT2D eigenvalue weighted by atomic mass is 10.2. The molecule has 0 saturated carbocycles. The van der Waals surface area contributed by atoms with Crippen molar-refractivity contribution in [2.24, 2.45) is 0 Å². The third kappa shape index (κ3) is 4.57. The molecule has 0 bridgehead atoms. The van der Waals surface area contributed by atoms with E-state index in [2.05, 4.69) is 20.6 Å². The second-order valence-electron chi connectivity index (χ2n) is 5.89. The fourth-order valence-corrected chi connectivity index (χ4v) is 2.62. The molecule has 0 unspecified atom stereocenters. The SMILES string of the molecule is Cc1cc(C(=O)Nc2ccc(F)c(F)c2)nc(Nc2ccc(Cl)cc2C)n1. The topological polar surface area (TPSA) is 66.9 Å². The van der Waals surface area contributed by atoms with Crippen molar-refractivity contribution in [2.45, 2.75) is 13.8 Å². The number of hydrogen-bond acceptors (Lipinski definition) is 4.